The third-order valence-electron chi connectivity index (χ3n) is 3.49. The van der Waals surface area contributed by atoms with Crippen molar-refractivity contribution in [2.45, 2.75) is 6.04 Å². The monoisotopic (exact) mass is 317 g/mol. The lowest BCUT2D eigenvalue weighted by Gasteiger charge is -2.15. The first-order valence-corrected chi connectivity index (χ1v) is 6.63. The first-order chi connectivity index (χ1) is 10.9. The quantitative estimate of drug-likeness (QED) is 0.821. The fourth-order valence-electron chi connectivity index (χ4n) is 2.39. The third-order valence-corrected chi connectivity index (χ3v) is 3.49. The molecule has 120 valence electrons. The Kier molecular flexibility index (Phi) is 4.61. The van der Waals surface area contributed by atoms with E-state index >= 15 is 0 Å². The van der Waals surface area contributed by atoms with Crippen molar-refractivity contribution in [2.75, 3.05) is 14.2 Å². The number of benzene rings is 2. The first kappa shape index (κ1) is 16.4. The largest absolute Gasteiger partial charge is 0.480 e. The van der Waals surface area contributed by atoms with Gasteiger partial charge in [0.25, 0.3) is 0 Å². The molecule has 0 heterocycles. The van der Waals surface area contributed by atoms with Gasteiger partial charge in [-0.15, -0.1) is 0 Å². The van der Waals surface area contributed by atoms with Gasteiger partial charge in [0.05, 0.1) is 25.3 Å². The lowest BCUT2D eigenvalue weighted by Crippen LogP contribution is -2.21. The Balaban J connectivity index is 2.89. The van der Waals surface area contributed by atoms with Crippen LogP contribution in [0, 0.1) is 0 Å². The average molecular weight is 317 g/mol. The Hall–Kier alpha value is -2.93. The molecule has 0 unspecified atom stereocenters. The summed E-state index contributed by atoms with van der Waals surface area (Å²) < 4.78 is 9.44. The molecule has 2 aromatic carbocycles. The van der Waals surface area contributed by atoms with Crippen LogP contribution in [-0.2, 0) is 14.3 Å². The van der Waals surface area contributed by atoms with Crippen molar-refractivity contribution in [3.63, 3.8) is 0 Å². The van der Waals surface area contributed by atoms with Crippen LogP contribution in [0.5, 0.6) is 0 Å². The molecular formula is C16H15NO6. The zero-order chi connectivity index (χ0) is 17.1. The molecular weight excluding hydrogens is 302 g/mol. The molecule has 0 spiro atoms. The number of methoxy groups -OCH3 is 2. The Morgan fingerprint density at radius 2 is 1.57 bits per heavy atom. The van der Waals surface area contributed by atoms with Gasteiger partial charge in [-0.05, 0) is 23.1 Å². The molecule has 0 fully saturated rings. The summed E-state index contributed by atoms with van der Waals surface area (Å²) >= 11 is 0. The molecule has 0 aliphatic heterocycles. The molecule has 0 aliphatic rings. The summed E-state index contributed by atoms with van der Waals surface area (Å²) in [7, 11) is 2.43. The van der Waals surface area contributed by atoms with Gasteiger partial charge < -0.3 is 20.3 Å². The standard InChI is InChI=1S/C16H15NO6/c1-22-15(20)10-5-3-4-8-9(13(17)14(18)19)6-7-11(12(8)10)16(21)23-2/h3-7,13H,17H2,1-2H3,(H,18,19)/t13-/m0/s1. The van der Waals surface area contributed by atoms with Gasteiger partial charge in [-0.1, -0.05) is 18.2 Å². The summed E-state index contributed by atoms with van der Waals surface area (Å²) in [5, 5.41) is 9.77. The van der Waals surface area contributed by atoms with Crippen molar-refractivity contribution < 1.29 is 29.0 Å². The lowest BCUT2D eigenvalue weighted by atomic mass is 9.92. The molecule has 7 nitrogen and oxygen atoms in total. The molecule has 3 N–H and O–H groups in total. The number of ether oxygens (including phenoxy) is 2. The number of rotatable bonds is 4. The van der Waals surface area contributed by atoms with Crippen molar-refractivity contribution >= 4 is 28.7 Å². The van der Waals surface area contributed by atoms with Crippen LogP contribution in [0.2, 0.25) is 0 Å². The highest BCUT2D eigenvalue weighted by molar-refractivity contribution is 6.14. The van der Waals surface area contributed by atoms with E-state index in [2.05, 4.69) is 0 Å². The van der Waals surface area contributed by atoms with Gasteiger partial charge in [-0.2, -0.15) is 0 Å². The zero-order valence-corrected chi connectivity index (χ0v) is 12.5. The van der Waals surface area contributed by atoms with Gasteiger partial charge in [-0.3, -0.25) is 4.79 Å². The summed E-state index contributed by atoms with van der Waals surface area (Å²) in [6.07, 6.45) is 0. The Labute approximate surface area is 131 Å². The summed E-state index contributed by atoms with van der Waals surface area (Å²) in [5.41, 5.74) is 6.23. The molecule has 2 rings (SSSR count). The number of hydrogen-bond acceptors (Lipinski definition) is 6. The van der Waals surface area contributed by atoms with E-state index in [-0.39, 0.29) is 22.1 Å². The molecule has 0 saturated carbocycles. The minimum atomic E-state index is -1.29. The SMILES string of the molecule is COC(=O)c1cccc2c([C@H](N)C(=O)O)ccc(C(=O)OC)c12. The lowest BCUT2D eigenvalue weighted by molar-refractivity contribution is -0.138. The second-order valence-corrected chi connectivity index (χ2v) is 4.73. The number of carbonyl (C=O) groups is 3. The Morgan fingerprint density at radius 1 is 1.00 bits per heavy atom. The van der Waals surface area contributed by atoms with Crippen LogP contribution in [0.1, 0.15) is 32.3 Å². The van der Waals surface area contributed by atoms with Crippen LogP contribution in [-0.4, -0.2) is 37.2 Å². The zero-order valence-electron chi connectivity index (χ0n) is 12.5. The Morgan fingerprint density at radius 3 is 2.09 bits per heavy atom. The molecule has 7 heteroatoms. The van der Waals surface area contributed by atoms with Gasteiger partial charge in [-0.25, -0.2) is 9.59 Å². The maximum atomic E-state index is 12.0. The van der Waals surface area contributed by atoms with E-state index in [1.165, 1.54) is 32.4 Å². The summed E-state index contributed by atoms with van der Waals surface area (Å²) in [6, 6.07) is 6.17. The smallest absolute Gasteiger partial charge is 0.338 e. The van der Waals surface area contributed by atoms with Crippen LogP contribution >= 0.6 is 0 Å². The van der Waals surface area contributed by atoms with Gasteiger partial charge in [0.1, 0.15) is 6.04 Å². The fraction of sp³-hybridized carbons (Fsp3) is 0.188. The number of esters is 2. The minimum absolute atomic E-state index is 0.129. The first-order valence-electron chi connectivity index (χ1n) is 6.63. The predicted octanol–water partition coefficient (Wildman–Crippen LogP) is 1.50. The van der Waals surface area contributed by atoms with Crippen molar-refractivity contribution in [1.29, 1.82) is 0 Å². The van der Waals surface area contributed by atoms with Crippen molar-refractivity contribution in [1.82, 2.24) is 0 Å². The topological polar surface area (TPSA) is 116 Å². The number of nitrogens with two attached hydrogens (primary N) is 1. The highest BCUT2D eigenvalue weighted by Crippen LogP contribution is 2.30. The normalized spacial score (nSPS) is 11.8. The summed E-state index contributed by atoms with van der Waals surface area (Å²) in [4.78, 5) is 35.2. The maximum absolute atomic E-state index is 12.0. The van der Waals surface area contributed by atoms with Crippen molar-refractivity contribution in [2.24, 2.45) is 5.73 Å². The van der Waals surface area contributed by atoms with E-state index in [4.69, 9.17) is 20.3 Å². The van der Waals surface area contributed by atoms with Gasteiger partial charge >= 0.3 is 17.9 Å². The Bertz CT molecular complexity index is 776. The molecule has 0 radical (unpaired) electrons. The number of carbonyl (C=O) groups excluding carboxylic acids is 2. The van der Waals surface area contributed by atoms with Crippen LogP contribution in [0.4, 0.5) is 0 Å². The number of carboxylic acids is 1. The van der Waals surface area contributed by atoms with E-state index in [0.717, 1.165) is 0 Å². The summed E-state index contributed by atoms with van der Waals surface area (Å²) in [5.74, 6) is -2.52. The fourth-order valence-corrected chi connectivity index (χ4v) is 2.39. The van der Waals surface area contributed by atoms with Gasteiger partial charge in [0.2, 0.25) is 0 Å². The highest BCUT2D eigenvalue weighted by Gasteiger charge is 2.23. The maximum Gasteiger partial charge on any atom is 0.338 e. The third kappa shape index (κ3) is 2.86. The molecule has 0 aliphatic carbocycles. The second-order valence-electron chi connectivity index (χ2n) is 4.73. The summed E-state index contributed by atoms with van der Waals surface area (Å²) in [6.45, 7) is 0. The van der Waals surface area contributed by atoms with Crippen molar-refractivity contribution in [3.8, 4) is 0 Å². The van der Waals surface area contributed by atoms with E-state index in [1.54, 1.807) is 12.1 Å². The minimum Gasteiger partial charge on any atom is -0.480 e. The number of fused-ring (bicyclic) bond motifs is 1. The molecule has 0 aromatic heterocycles. The number of hydrogen-bond donors (Lipinski definition) is 2. The van der Waals surface area contributed by atoms with E-state index in [9.17, 15) is 14.4 Å². The average Bonchev–Trinajstić information content (AvgIpc) is 2.58. The highest BCUT2D eigenvalue weighted by atomic mass is 16.5. The predicted molar refractivity (Wildman–Crippen MR) is 81.2 cm³/mol. The van der Waals surface area contributed by atoms with E-state index in [1.807, 2.05) is 0 Å². The van der Waals surface area contributed by atoms with E-state index in [0.29, 0.717) is 5.39 Å². The molecule has 23 heavy (non-hydrogen) atoms. The van der Waals surface area contributed by atoms with Crippen molar-refractivity contribution in [3.05, 3.63) is 47.0 Å². The van der Waals surface area contributed by atoms with Gasteiger partial charge in [0, 0.05) is 5.39 Å². The number of aliphatic carboxylic acids is 1. The van der Waals surface area contributed by atoms with Crippen LogP contribution in [0.25, 0.3) is 10.8 Å². The molecule has 2 aromatic rings. The molecule has 1 atom stereocenters. The molecule has 0 bridgehead atoms. The van der Waals surface area contributed by atoms with Crippen LogP contribution in [0.15, 0.2) is 30.3 Å². The molecule has 0 saturated heterocycles. The molecule has 0 amide bonds. The number of carboxylic acid groups (broad SMARTS) is 1. The van der Waals surface area contributed by atoms with Crippen LogP contribution in [0.3, 0.4) is 0 Å². The van der Waals surface area contributed by atoms with E-state index < -0.39 is 23.9 Å². The van der Waals surface area contributed by atoms with Crippen LogP contribution < -0.4 is 5.73 Å². The second kappa shape index (κ2) is 6.45. The van der Waals surface area contributed by atoms with Gasteiger partial charge in [0.15, 0.2) is 0 Å².